The number of hydrogen-bond donors (Lipinski definition) is 1. The molecule has 0 aromatic rings. The largest absolute Gasteiger partial charge is 0.314 e. The summed E-state index contributed by atoms with van der Waals surface area (Å²) in [5.41, 5.74) is 1.03. The molecule has 0 heterocycles. The molecule has 1 heteroatoms. The zero-order chi connectivity index (χ0) is 12.9. The molecule has 0 aliphatic heterocycles. The van der Waals surface area contributed by atoms with E-state index in [9.17, 15) is 0 Å². The second kappa shape index (κ2) is 6.22. The third-order valence-corrected chi connectivity index (χ3v) is 4.02. The van der Waals surface area contributed by atoms with Gasteiger partial charge in [0.05, 0.1) is 0 Å². The van der Waals surface area contributed by atoms with Crippen LogP contribution in [0.25, 0.3) is 0 Å². The summed E-state index contributed by atoms with van der Waals surface area (Å²) >= 11 is 0. The van der Waals surface area contributed by atoms with Crippen LogP contribution in [-0.4, -0.2) is 12.6 Å². The minimum Gasteiger partial charge on any atom is -0.314 e. The highest BCUT2D eigenvalue weighted by Gasteiger charge is 2.37. The Morgan fingerprint density at radius 3 is 2.06 bits per heavy atom. The number of hydrogen-bond acceptors (Lipinski definition) is 1. The van der Waals surface area contributed by atoms with Gasteiger partial charge >= 0.3 is 0 Å². The summed E-state index contributed by atoms with van der Waals surface area (Å²) in [4.78, 5) is 0. The van der Waals surface area contributed by atoms with E-state index in [0.717, 1.165) is 6.04 Å². The fourth-order valence-corrected chi connectivity index (χ4v) is 3.85. The Hall–Kier alpha value is -0.0400. The summed E-state index contributed by atoms with van der Waals surface area (Å²) in [6.07, 6.45) is 9.55. The molecule has 1 aliphatic rings. The lowest BCUT2D eigenvalue weighted by molar-refractivity contribution is 0.0851. The Labute approximate surface area is 109 Å². The Bertz CT molecular complexity index is 202. The molecule has 0 aromatic carbocycles. The van der Waals surface area contributed by atoms with Crippen molar-refractivity contribution in [2.24, 2.45) is 10.8 Å². The maximum absolute atomic E-state index is 3.79. The van der Waals surface area contributed by atoms with Gasteiger partial charge in [0.1, 0.15) is 0 Å². The third kappa shape index (κ3) is 5.90. The van der Waals surface area contributed by atoms with E-state index in [4.69, 9.17) is 0 Å². The fraction of sp³-hybridized carbons (Fsp3) is 1.00. The van der Waals surface area contributed by atoms with Gasteiger partial charge < -0.3 is 5.32 Å². The van der Waals surface area contributed by atoms with E-state index < -0.39 is 0 Å². The van der Waals surface area contributed by atoms with Gasteiger partial charge in [0.25, 0.3) is 0 Å². The molecular formula is C16H33N. The first-order chi connectivity index (χ1) is 7.85. The Morgan fingerprint density at radius 1 is 0.941 bits per heavy atom. The van der Waals surface area contributed by atoms with Crippen molar-refractivity contribution >= 4 is 0 Å². The highest BCUT2D eigenvalue weighted by Crippen LogP contribution is 2.45. The number of rotatable bonds is 6. The number of nitrogens with one attached hydrogen (secondary N) is 1. The third-order valence-electron chi connectivity index (χ3n) is 4.02. The molecule has 1 aliphatic carbocycles. The van der Waals surface area contributed by atoms with Crippen molar-refractivity contribution in [1.29, 1.82) is 0 Å². The van der Waals surface area contributed by atoms with E-state index in [1.54, 1.807) is 0 Å². The summed E-state index contributed by atoms with van der Waals surface area (Å²) in [5, 5.41) is 3.79. The standard InChI is InChI=1S/C16H33N/c1-6-7-8-9-10-17-14-11-15(2,3)13-16(4,5)12-14/h14,17H,6-13H2,1-5H3. The quantitative estimate of drug-likeness (QED) is 0.659. The Balaban J connectivity index is 2.28. The zero-order valence-corrected chi connectivity index (χ0v) is 12.7. The van der Waals surface area contributed by atoms with Crippen molar-refractivity contribution in [1.82, 2.24) is 5.32 Å². The van der Waals surface area contributed by atoms with Crippen molar-refractivity contribution in [3.8, 4) is 0 Å². The first-order valence-corrected chi connectivity index (χ1v) is 7.58. The predicted molar refractivity (Wildman–Crippen MR) is 77.3 cm³/mol. The van der Waals surface area contributed by atoms with Gasteiger partial charge in [-0.2, -0.15) is 0 Å². The normalized spacial score (nSPS) is 23.8. The molecule has 17 heavy (non-hydrogen) atoms. The molecule has 0 aromatic heterocycles. The fourth-order valence-electron chi connectivity index (χ4n) is 3.85. The van der Waals surface area contributed by atoms with Gasteiger partial charge in [-0.15, -0.1) is 0 Å². The highest BCUT2D eigenvalue weighted by atomic mass is 14.9. The molecule has 0 amide bonds. The van der Waals surface area contributed by atoms with Crippen LogP contribution in [0.1, 0.15) is 79.6 Å². The molecule has 1 N–H and O–H groups in total. The minimum atomic E-state index is 0.517. The zero-order valence-electron chi connectivity index (χ0n) is 12.7. The molecule has 1 rings (SSSR count). The van der Waals surface area contributed by atoms with Crippen LogP contribution in [0.5, 0.6) is 0 Å². The molecule has 0 atom stereocenters. The number of unbranched alkanes of at least 4 members (excludes halogenated alkanes) is 3. The van der Waals surface area contributed by atoms with Gasteiger partial charge in [0.15, 0.2) is 0 Å². The highest BCUT2D eigenvalue weighted by molar-refractivity contribution is 4.92. The van der Waals surface area contributed by atoms with Crippen LogP contribution in [0.3, 0.4) is 0 Å². The first kappa shape index (κ1) is 15.0. The molecular weight excluding hydrogens is 206 g/mol. The maximum Gasteiger partial charge on any atom is 0.00772 e. The summed E-state index contributed by atoms with van der Waals surface area (Å²) in [6, 6.07) is 0.746. The topological polar surface area (TPSA) is 12.0 Å². The molecule has 1 nitrogen and oxygen atoms in total. The van der Waals surface area contributed by atoms with Gasteiger partial charge in [-0.3, -0.25) is 0 Å². The van der Waals surface area contributed by atoms with Crippen molar-refractivity contribution in [3.05, 3.63) is 0 Å². The van der Waals surface area contributed by atoms with Crippen LogP contribution >= 0.6 is 0 Å². The van der Waals surface area contributed by atoms with Crippen molar-refractivity contribution in [3.63, 3.8) is 0 Å². The molecule has 0 bridgehead atoms. The monoisotopic (exact) mass is 239 g/mol. The van der Waals surface area contributed by atoms with E-state index in [1.165, 1.54) is 51.5 Å². The van der Waals surface area contributed by atoms with Crippen molar-refractivity contribution < 1.29 is 0 Å². The van der Waals surface area contributed by atoms with Crippen LogP contribution in [-0.2, 0) is 0 Å². The lowest BCUT2D eigenvalue weighted by Gasteiger charge is -2.45. The lowest BCUT2D eigenvalue weighted by Crippen LogP contribution is -2.44. The summed E-state index contributed by atoms with van der Waals surface area (Å²) < 4.78 is 0. The average molecular weight is 239 g/mol. The second-order valence-electron chi connectivity index (χ2n) is 7.63. The Morgan fingerprint density at radius 2 is 1.53 bits per heavy atom. The van der Waals surface area contributed by atoms with Crippen LogP contribution in [0.2, 0.25) is 0 Å². The van der Waals surface area contributed by atoms with Crippen molar-refractivity contribution in [2.45, 2.75) is 85.6 Å². The van der Waals surface area contributed by atoms with E-state index in [1.807, 2.05) is 0 Å². The van der Waals surface area contributed by atoms with Gasteiger partial charge in [-0.25, -0.2) is 0 Å². The molecule has 0 spiro atoms. The molecule has 0 radical (unpaired) electrons. The minimum absolute atomic E-state index is 0.517. The summed E-state index contributed by atoms with van der Waals surface area (Å²) in [6.45, 7) is 13.2. The van der Waals surface area contributed by atoms with Crippen molar-refractivity contribution in [2.75, 3.05) is 6.54 Å². The SMILES string of the molecule is CCCCCCNC1CC(C)(C)CC(C)(C)C1. The maximum atomic E-state index is 3.79. The summed E-state index contributed by atoms with van der Waals surface area (Å²) in [7, 11) is 0. The molecule has 0 saturated heterocycles. The lowest BCUT2D eigenvalue weighted by atomic mass is 9.63. The van der Waals surface area contributed by atoms with Crippen LogP contribution in [0.4, 0.5) is 0 Å². The average Bonchev–Trinajstić information content (AvgIpc) is 2.12. The predicted octanol–water partition coefficient (Wildman–Crippen LogP) is 4.76. The van der Waals surface area contributed by atoms with Crippen LogP contribution in [0, 0.1) is 10.8 Å². The van der Waals surface area contributed by atoms with Gasteiger partial charge in [-0.05, 0) is 43.1 Å². The summed E-state index contributed by atoms with van der Waals surface area (Å²) in [5.74, 6) is 0. The molecule has 0 unspecified atom stereocenters. The van der Waals surface area contributed by atoms with E-state index in [-0.39, 0.29) is 0 Å². The first-order valence-electron chi connectivity index (χ1n) is 7.58. The van der Waals surface area contributed by atoms with Gasteiger partial charge in [-0.1, -0.05) is 53.9 Å². The van der Waals surface area contributed by atoms with E-state index >= 15 is 0 Å². The van der Waals surface area contributed by atoms with Crippen LogP contribution < -0.4 is 5.32 Å². The molecule has 102 valence electrons. The molecule has 1 fully saturated rings. The second-order valence-corrected chi connectivity index (χ2v) is 7.63. The van der Waals surface area contributed by atoms with E-state index in [0.29, 0.717) is 10.8 Å². The van der Waals surface area contributed by atoms with Gasteiger partial charge in [0, 0.05) is 6.04 Å². The van der Waals surface area contributed by atoms with E-state index in [2.05, 4.69) is 39.9 Å². The molecule has 1 saturated carbocycles. The Kier molecular flexibility index (Phi) is 5.50. The smallest absolute Gasteiger partial charge is 0.00772 e. The van der Waals surface area contributed by atoms with Crippen LogP contribution in [0.15, 0.2) is 0 Å². The van der Waals surface area contributed by atoms with Gasteiger partial charge in [0.2, 0.25) is 0 Å².